The molecule has 0 fully saturated rings. The number of aromatic nitrogens is 2. The zero-order chi connectivity index (χ0) is 17.3. The van der Waals surface area contributed by atoms with Crippen LogP contribution in [0.3, 0.4) is 0 Å². The molecule has 26 heavy (non-hydrogen) atoms. The maximum Gasteiger partial charge on any atom is 0.222 e. The van der Waals surface area contributed by atoms with Crippen molar-refractivity contribution in [3.05, 3.63) is 52.0 Å². The maximum atomic E-state index is 11.0. The van der Waals surface area contributed by atoms with E-state index in [1.165, 1.54) is 0 Å². The molecule has 0 atom stereocenters. The molecule has 3 rings (SSSR count). The van der Waals surface area contributed by atoms with E-state index in [2.05, 4.69) is 15.3 Å². The Morgan fingerprint density at radius 2 is 1.88 bits per heavy atom. The predicted molar refractivity (Wildman–Crippen MR) is 104 cm³/mol. The molecule has 0 amide bonds. The Morgan fingerprint density at radius 1 is 1.15 bits per heavy atom. The van der Waals surface area contributed by atoms with Gasteiger partial charge in [0.25, 0.3) is 0 Å². The van der Waals surface area contributed by atoms with Gasteiger partial charge in [0.05, 0.1) is 10.5 Å². The number of hydrogen-bond acceptors (Lipinski definition) is 6. The van der Waals surface area contributed by atoms with E-state index in [1.54, 1.807) is 12.1 Å². The number of fused-ring (bicyclic) bond motifs is 1. The summed E-state index contributed by atoms with van der Waals surface area (Å²) < 4.78 is 0. The Morgan fingerprint density at radius 3 is 2.58 bits per heavy atom. The molecule has 0 saturated heterocycles. The number of aldehydes is 1. The Hall–Kier alpha value is -2.94. The number of aryl methyl sites for hydroxylation is 1. The zero-order valence-electron chi connectivity index (χ0n) is 14.0. The molecule has 3 aromatic rings. The summed E-state index contributed by atoms with van der Waals surface area (Å²) in [5, 5.41) is 4.51. The first-order valence-electron chi connectivity index (χ1n) is 7.29. The van der Waals surface area contributed by atoms with Crippen LogP contribution in [-0.2, 0) is 6.54 Å². The molecule has 0 unspecified atom stereocenters. The highest BCUT2D eigenvalue weighted by Crippen LogP contribution is 2.26. The molecule has 1 heterocycles. The molecule has 0 aliphatic carbocycles. The van der Waals surface area contributed by atoms with Gasteiger partial charge in [-0.15, -0.1) is 0 Å². The average Bonchev–Trinajstić information content (AvgIpc) is 2.54. The van der Waals surface area contributed by atoms with Gasteiger partial charge in [-0.1, -0.05) is 17.7 Å². The van der Waals surface area contributed by atoms with E-state index in [4.69, 9.17) is 23.1 Å². The summed E-state index contributed by atoms with van der Waals surface area (Å²) in [6.45, 7) is 2.53. The fourth-order valence-electron chi connectivity index (χ4n) is 2.62. The second-order valence-corrected chi connectivity index (χ2v) is 5.83. The van der Waals surface area contributed by atoms with Gasteiger partial charge in [-0.05, 0) is 42.3 Å². The van der Waals surface area contributed by atoms with Crippen LogP contribution in [0.2, 0.25) is 5.02 Å². The monoisotopic (exact) mass is 377 g/mol. The summed E-state index contributed by atoms with van der Waals surface area (Å²) >= 11 is 5.94. The van der Waals surface area contributed by atoms with E-state index in [0.29, 0.717) is 22.9 Å². The Labute approximate surface area is 154 Å². The van der Waals surface area contributed by atoms with E-state index < -0.39 is 0 Å². The van der Waals surface area contributed by atoms with Crippen molar-refractivity contribution in [3.8, 4) is 0 Å². The van der Waals surface area contributed by atoms with Crippen molar-refractivity contribution in [1.29, 1.82) is 0 Å². The number of nitrogen functional groups attached to an aromatic ring is 2. The maximum absolute atomic E-state index is 11.0. The van der Waals surface area contributed by atoms with Crippen LogP contribution in [0.15, 0.2) is 30.3 Å². The molecule has 0 aliphatic heterocycles. The van der Waals surface area contributed by atoms with Gasteiger partial charge < -0.3 is 27.7 Å². The number of nitrogens with two attached hydrogens (primary N) is 2. The second-order valence-electron chi connectivity index (χ2n) is 5.42. The lowest BCUT2D eigenvalue weighted by Gasteiger charge is -2.13. The topological polar surface area (TPSA) is 170 Å². The summed E-state index contributed by atoms with van der Waals surface area (Å²) in [5.74, 6) is 0.527. The SMILES string of the molecule is Cc1c(CNc2ccc(Cl)c(C=O)c2)ccc2nc(N)nc(N)c12.O.O. The van der Waals surface area contributed by atoms with Gasteiger partial charge in [-0.2, -0.15) is 4.98 Å². The minimum absolute atomic E-state index is 0. The fraction of sp³-hybridized carbons (Fsp3) is 0.118. The number of anilines is 3. The largest absolute Gasteiger partial charge is 0.412 e. The van der Waals surface area contributed by atoms with Gasteiger partial charge >= 0.3 is 0 Å². The Balaban J connectivity index is 0.00000169. The third-order valence-electron chi connectivity index (χ3n) is 3.89. The van der Waals surface area contributed by atoms with E-state index in [1.807, 2.05) is 25.1 Å². The standard InChI is InChI=1S/C17H16ClN5O.2H2O/c1-9-10(2-5-14-15(9)16(19)23-17(20)22-14)7-21-12-3-4-13(18)11(6-12)8-24;;/h2-6,8,21H,7H2,1H3,(H4,19,20,22,23);2*1H2. The molecule has 9 N–H and O–H groups in total. The normalized spacial score (nSPS) is 9.92. The van der Waals surface area contributed by atoms with Crippen molar-refractivity contribution in [2.24, 2.45) is 0 Å². The highest BCUT2D eigenvalue weighted by Gasteiger charge is 2.10. The Kier molecular flexibility index (Phi) is 6.85. The van der Waals surface area contributed by atoms with Crippen LogP contribution in [0.5, 0.6) is 0 Å². The molecule has 0 saturated carbocycles. The molecule has 2 aromatic carbocycles. The molecule has 0 radical (unpaired) electrons. The summed E-state index contributed by atoms with van der Waals surface area (Å²) in [7, 11) is 0. The molecule has 1 aromatic heterocycles. The van der Waals surface area contributed by atoms with E-state index >= 15 is 0 Å². The zero-order valence-corrected chi connectivity index (χ0v) is 14.8. The third kappa shape index (κ3) is 3.99. The highest BCUT2D eigenvalue weighted by atomic mass is 35.5. The molecule has 9 heteroatoms. The Bertz CT molecular complexity index is 949. The molecular weight excluding hydrogens is 358 g/mol. The van der Waals surface area contributed by atoms with Crippen molar-refractivity contribution in [3.63, 3.8) is 0 Å². The van der Waals surface area contributed by atoms with Crippen LogP contribution in [0.4, 0.5) is 17.5 Å². The van der Waals surface area contributed by atoms with E-state index in [0.717, 1.165) is 34.0 Å². The first kappa shape index (κ1) is 21.1. The van der Waals surface area contributed by atoms with Gasteiger partial charge in [0.15, 0.2) is 6.29 Å². The highest BCUT2D eigenvalue weighted by molar-refractivity contribution is 6.33. The summed E-state index contributed by atoms with van der Waals surface area (Å²) in [6.07, 6.45) is 0.733. The van der Waals surface area contributed by atoms with Gasteiger partial charge in [-0.25, -0.2) is 4.98 Å². The van der Waals surface area contributed by atoms with Crippen molar-refractivity contribution in [2.75, 3.05) is 16.8 Å². The van der Waals surface area contributed by atoms with Crippen LogP contribution in [0, 0.1) is 6.92 Å². The van der Waals surface area contributed by atoms with Crippen molar-refractivity contribution >= 4 is 46.2 Å². The minimum Gasteiger partial charge on any atom is -0.412 e. The van der Waals surface area contributed by atoms with Gasteiger partial charge in [0.1, 0.15) is 5.82 Å². The quantitative estimate of drug-likeness (QED) is 0.582. The second kappa shape index (κ2) is 8.43. The number of carbonyl (C=O) groups is 1. The van der Waals surface area contributed by atoms with Gasteiger partial charge in [-0.3, -0.25) is 4.79 Å². The molecular formula is C17H20ClN5O3. The van der Waals surface area contributed by atoms with Crippen molar-refractivity contribution in [2.45, 2.75) is 13.5 Å². The summed E-state index contributed by atoms with van der Waals surface area (Å²) in [4.78, 5) is 19.2. The van der Waals surface area contributed by atoms with Crippen LogP contribution < -0.4 is 16.8 Å². The number of rotatable bonds is 4. The van der Waals surface area contributed by atoms with Crippen LogP contribution in [0.1, 0.15) is 21.5 Å². The van der Waals surface area contributed by atoms with E-state index in [-0.39, 0.29) is 16.9 Å². The lowest BCUT2D eigenvalue weighted by Crippen LogP contribution is -2.05. The lowest BCUT2D eigenvalue weighted by molar-refractivity contribution is 0.112. The molecule has 138 valence electrons. The molecule has 8 nitrogen and oxygen atoms in total. The smallest absolute Gasteiger partial charge is 0.222 e. The van der Waals surface area contributed by atoms with Gasteiger partial charge in [0.2, 0.25) is 5.95 Å². The number of hydrogen-bond donors (Lipinski definition) is 3. The number of benzene rings is 2. The molecule has 0 aliphatic rings. The van der Waals surface area contributed by atoms with Crippen molar-refractivity contribution < 1.29 is 15.7 Å². The first-order valence-corrected chi connectivity index (χ1v) is 7.67. The molecule has 0 spiro atoms. The number of nitrogens with zero attached hydrogens (tertiary/aromatic N) is 2. The minimum atomic E-state index is 0. The number of halogens is 1. The van der Waals surface area contributed by atoms with Crippen LogP contribution in [-0.4, -0.2) is 27.2 Å². The summed E-state index contributed by atoms with van der Waals surface area (Å²) in [5.41, 5.74) is 15.6. The lowest BCUT2D eigenvalue weighted by atomic mass is 10.0. The first-order chi connectivity index (χ1) is 11.5. The fourth-order valence-corrected chi connectivity index (χ4v) is 2.78. The predicted octanol–water partition coefficient (Wildman–Crippen LogP) is 1.53. The number of nitrogens with one attached hydrogen (secondary N) is 1. The third-order valence-corrected chi connectivity index (χ3v) is 4.23. The number of carbonyl (C=O) groups excluding carboxylic acids is 1. The average molecular weight is 378 g/mol. The van der Waals surface area contributed by atoms with Crippen LogP contribution in [0.25, 0.3) is 10.9 Å². The summed E-state index contributed by atoms with van der Waals surface area (Å²) in [6, 6.07) is 9.06. The van der Waals surface area contributed by atoms with Gasteiger partial charge in [0, 0.05) is 23.2 Å². The van der Waals surface area contributed by atoms with Crippen LogP contribution >= 0.6 is 11.6 Å². The van der Waals surface area contributed by atoms with Crippen molar-refractivity contribution in [1.82, 2.24) is 9.97 Å². The molecule has 0 bridgehead atoms. The van der Waals surface area contributed by atoms with E-state index in [9.17, 15) is 4.79 Å².